The number of hydrogen-bond acceptors (Lipinski definition) is 6. The summed E-state index contributed by atoms with van der Waals surface area (Å²) in [5.74, 6) is 8.60. The largest absolute Gasteiger partial charge is 0.393 e. The van der Waals surface area contributed by atoms with Crippen LogP contribution in [-0.4, -0.2) is 51.5 Å². The predicted octanol–water partition coefficient (Wildman–Crippen LogP) is -1.26. The van der Waals surface area contributed by atoms with Crippen LogP contribution in [0.1, 0.15) is 29.8 Å². The molecule has 0 saturated heterocycles. The van der Waals surface area contributed by atoms with Crippen LogP contribution in [0.15, 0.2) is 24.3 Å². The topological polar surface area (TPSA) is 145 Å². The summed E-state index contributed by atoms with van der Waals surface area (Å²) < 4.78 is 0. The molecule has 1 aromatic rings. The van der Waals surface area contributed by atoms with E-state index in [-0.39, 0.29) is 5.56 Å². The van der Waals surface area contributed by atoms with E-state index < -0.39 is 36.1 Å². The Morgan fingerprint density at radius 1 is 1.23 bits per heavy atom. The predicted molar refractivity (Wildman–Crippen MR) is 93.6 cm³/mol. The number of hydroxylamine groups is 1. The maximum Gasteiger partial charge on any atom is 0.267 e. The third-order valence-corrected chi connectivity index (χ3v) is 3.22. The molecule has 26 heavy (non-hydrogen) atoms. The quantitative estimate of drug-likeness (QED) is 0.220. The van der Waals surface area contributed by atoms with Crippen molar-refractivity contribution in [3.8, 4) is 23.7 Å². The minimum absolute atomic E-state index is 0.275. The smallest absolute Gasteiger partial charge is 0.267 e. The highest BCUT2D eigenvalue weighted by molar-refractivity contribution is 5.97. The van der Waals surface area contributed by atoms with Gasteiger partial charge in [-0.25, -0.2) is 5.48 Å². The molecule has 0 aliphatic heterocycles. The summed E-state index contributed by atoms with van der Waals surface area (Å²) >= 11 is 0. The van der Waals surface area contributed by atoms with E-state index in [4.69, 9.17) is 21.2 Å². The molecular formula is C18H21N3O5. The van der Waals surface area contributed by atoms with Gasteiger partial charge in [-0.05, 0) is 50.0 Å². The Kier molecular flexibility index (Phi) is 7.78. The van der Waals surface area contributed by atoms with Crippen molar-refractivity contribution in [3.05, 3.63) is 35.4 Å². The Balaban J connectivity index is 2.84. The fraction of sp³-hybridized carbons (Fsp3) is 0.333. The van der Waals surface area contributed by atoms with Crippen LogP contribution in [-0.2, 0) is 4.79 Å². The number of carbonyl (C=O) groups excluding carboxylic acids is 2. The molecule has 0 heterocycles. The molecule has 0 saturated carbocycles. The number of amides is 2. The zero-order chi connectivity index (χ0) is 19.7. The lowest BCUT2D eigenvalue weighted by Crippen LogP contribution is -2.61. The molecule has 7 N–H and O–H groups in total. The molecule has 8 heteroatoms. The zero-order valence-corrected chi connectivity index (χ0v) is 14.4. The van der Waals surface area contributed by atoms with Gasteiger partial charge in [-0.2, -0.15) is 0 Å². The van der Waals surface area contributed by atoms with Crippen LogP contribution >= 0.6 is 0 Å². The van der Waals surface area contributed by atoms with E-state index in [1.54, 1.807) is 26.0 Å². The third-order valence-electron chi connectivity index (χ3n) is 3.22. The van der Waals surface area contributed by atoms with E-state index in [0.29, 0.717) is 5.56 Å². The molecule has 0 bridgehead atoms. The summed E-state index contributed by atoms with van der Waals surface area (Å²) in [5, 5.41) is 28.9. The molecule has 138 valence electrons. The number of hydrogen-bond donors (Lipinski definition) is 6. The summed E-state index contributed by atoms with van der Waals surface area (Å²) in [4.78, 5) is 23.9. The van der Waals surface area contributed by atoms with Gasteiger partial charge in [-0.1, -0.05) is 11.8 Å². The number of nitrogens with one attached hydrogen (secondary N) is 2. The lowest BCUT2D eigenvalue weighted by molar-refractivity contribution is -0.132. The number of aliphatic hydroxyl groups is 2. The van der Waals surface area contributed by atoms with Crippen LogP contribution in [0.3, 0.4) is 0 Å². The summed E-state index contributed by atoms with van der Waals surface area (Å²) in [6.07, 6.45) is -1.13. The van der Waals surface area contributed by atoms with Crippen molar-refractivity contribution in [2.24, 2.45) is 5.73 Å². The van der Waals surface area contributed by atoms with Crippen LogP contribution in [0.5, 0.6) is 0 Å². The molecule has 0 spiro atoms. The fourth-order valence-corrected chi connectivity index (χ4v) is 1.84. The molecule has 2 unspecified atom stereocenters. The maximum atomic E-state index is 12.3. The van der Waals surface area contributed by atoms with Crippen molar-refractivity contribution in [1.29, 1.82) is 0 Å². The van der Waals surface area contributed by atoms with Crippen LogP contribution in [0.4, 0.5) is 0 Å². The molecule has 0 fully saturated rings. The molecule has 0 aliphatic carbocycles. The summed E-state index contributed by atoms with van der Waals surface area (Å²) in [5.41, 5.74) is 7.10. The second-order valence-corrected chi connectivity index (χ2v) is 6.00. The first-order valence-electron chi connectivity index (χ1n) is 7.63. The fourth-order valence-electron chi connectivity index (χ4n) is 1.84. The minimum Gasteiger partial charge on any atom is -0.393 e. The third kappa shape index (κ3) is 6.55. The van der Waals surface area contributed by atoms with Gasteiger partial charge in [0.05, 0.1) is 6.61 Å². The van der Waals surface area contributed by atoms with Gasteiger partial charge < -0.3 is 21.3 Å². The number of nitrogens with two attached hydrogens (primary N) is 1. The highest BCUT2D eigenvalue weighted by atomic mass is 16.5. The molecule has 2 atom stereocenters. The van der Waals surface area contributed by atoms with Gasteiger partial charge in [0.25, 0.3) is 11.8 Å². The van der Waals surface area contributed by atoms with Crippen LogP contribution in [0.25, 0.3) is 0 Å². The van der Waals surface area contributed by atoms with Gasteiger partial charge >= 0.3 is 0 Å². The van der Waals surface area contributed by atoms with Gasteiger partial charge in [0.15, 0.2) is 0 Å². The molecule has 0 aromatic heterocycles. The number of aliphatic hydroxyl groups excluding tert-OH is 2. The number of rotatable bonds is 5. The average molecular weight is 359 g/mol. The maximum absolute atomic E-state index is 12.3. The molecule has 1 aromatic carbocycles. The van der Waals surface area contributed by atoms with Crippen molar-refractivity contribution in [3.63, 3.8) is 0 Å². The number of benzene rings is 1. The number of carbonyl (C=O) groups is 2. The minimum atomic E-state index is -1.13. The highest BCUT2D eigenvalue weighted by Crippen LogP contribution is 2.08. The standard InChI is InChI=1S/C18H21N3O5/c1-18(2,19)15(17(25)21-26)20-16(24)13-9-7-12(8-10-13)5-3-4-6-14(23)11-22/h7-10,14-15,22-23,26H,11,19H2,1-2H3,(H,20,24)(H,21,25). The van der Waals surface area contributed by atoms with E-state index in [0.717, 1.165) is 0 Å². The van der Waals surface area contributed by atoms with Crippen molar-refractivity contribution >= 4 is 11.8 Å². The Bertz CT molecular complexity index is 760. The molecule has 0 radical (unpaired) electrons. The molecule has 8 nitrogen and oxygen atoms in total. The van der Waals surface area contributed by atoms with E-state index >= 15 is 0 Å². The molecule has 0 aliphatic rings. The zero-order valence-electron chi connectivity index (χ0n) is 14.4. The van der Waals surface area contributed by atoms with Crippen molar-refractivity contribution in [1.82, 2.24) is 10.8 Å². The summed E-state index contributed by atoms with van der Waals surface area (Å²) in [6.45, 7) is 2.62. The first kappa shape index (κ1) is 21.2. The Morgan fingerprint density at radius 2 is 1.85 bits per heavy atom. The second-order valence-electron chi connectivity index (χ2n) is 6.00. The van der Waals surface area contributed by atoms with Gasteiger partial charge in [0, 0.05) is 16.7 Å². The van der Waals surface area contributed by atoms with Crippen LogP contribution in [0.2, 0.25) is 0 Å². The van der Waals surface area contributed by atoms with Crippen molar-refractivity contribution in [2.45, 2.75) is 31.5 Å². The molecule has 2 amide bonds. The molecular weight excluding hydrogens is 338 g/mol. The van der Waals surface area contributed by atoms with Gasteiger partial charge in [0.1, 0.15) is 12.1 Å². The van der Waals surface area contributed by atoms with Gasteiger partial charge in [0.2, 0.25) is 0 Å². The van der Waals surface area contributed by atoms with Crippen LogP contribution < -0.4 is 16.5 Å². The first-order chi connectivity index (χ1) is 12.2. The van der Waals surface area contributed by atoms with Gasteiger partial charge in [-0.15, -0.1) is 0 Å². The Hall–Kier alpha value is -2.88. The van der Waals surface area contributed by atoms with E-state index in [9.17, 15) is 9.59 Å². The van der Waals surface area contributed by atoms with Crippen molar-refractivity contribution < 1.29 is 25.0 Å². The second kappa shape index (κ2) is 9.56. The van der Waals surface area contributed by atoms with Crippen molar-refractivity contribution in [2.75, 3.05) is 6.61 Å². The Morgan fingerprint density at radius 3 is 2.35 bits per heavy atom. The average Bonchev–Trinajstić information content (AvgIpc) is 2.61. The lowest BCUT2D eigenvalue weighted by atomic mass is 9.95. The normalized spacial score (nSPS) is 12.5. The highest BCUT2D eigenvalue weighted by Gasteiger charge is 2.33. The Labute approximate surface area is 151 Å². The van der Waals surface area contributed by atoms with E-state index in [1.807, 2.05) is 0 Å². The van der Waals surface area contributed by atoms with E-state index in [1.165, 1.54) is 17.6 Å². The summed E-state index contributed by atoms with van der Waals surface area (Å²) in [7, 11) is 0. The SMILES string of the molecule is CC(C)(N)C(NC(=O)c1ccc(C#CC#CC(O)CO)cc1)C(=O)NO. The lowest BCUT2D eigenvalue weighted by Gasteiger charge is -2.29. The van der Waals surface area contributed by atoms with E-state index in [2.05, 4.69) is 29.0 Å². The van der Waals surface area contributed by atoms with Gasteiger partial charge in [-0.3, -0.25) is 14.8 Å². The molecule has 1 rings (SSSR count). The van der Waals surface area contributed by atoms with Crippen LogP contribution in [0, 0.1) is 23.7 Å². The summed E-state index contributed by atoms with van der Waals surface area (Å²) in [6, 6.07) is 5.05. The first-order valence-corrected chi connectivity index (χ1v) is 7.63. The monoisotopic (exact) mass is 359 g/mol.